The molecule has 1 aromatic heterocycles. The lowest BCUT2D eigenvalue weighted by Gasteiger charge is -2.47. The molecule has 0 bridgehead atoms. The van der Waals surface area contributed by atoms with Gasteiger partial charge in [0.05, 0.1) is 11.3 Å². The van der Waals surface area contributed by atoms with Gasteiger partial charge in [0.25, 0.3) is 0 Å². The number of hydrogen-bond acceptors (Lipinski definition) is 3. The summed E-state index contributed by atoms with van der Waals surface area (Å²) in [5, 5.41) is 18.0. The zero-order valence-electron chi connectivity index (χ0n) is 14.6. The van der Waals surface area contributed by atoms with Crippen LogP contribution in [0.3, 0.4) is 0 Å². The van der Waals surface area contributed by atoms with Crippen LogP contribution in [0, 0.1) is 25.7 Å². The molecule has 5 heteroatoms. The number of nitrogens with zero attached hydrogens (tertiary/aromatic N) is 2. The third-order valence-electron chi connectivity index (χ3n) is 5.95. The molecule has 5 nitrogen and oxygen atoms in total. The first-order valence-electron chi connectivity index (χ1n) is 8.92. The van der Waals surface area contributed by atoms with E-state index in [2.05, 4.69) is 10.2 Å². The van der Waals surface area contributed by atoms with Crippen LogP contribution in [0.1, 0.15) is 56.0 Å². The van der Waals surface area contributed by atoms with Crippen molar-refractivity contribution in [3.8, 4) is 0 Å². The smallest absolute Gasteiger partial charge is 0.225 e. The van der Waals surface area contributed by atoms with Crippen molar-refractivity contribution in [1.82, 2.24) is 15.1 Å². The Hall–Kier alpha value is -1.36. The van der Waals surface area contributed by atoms with Crippen LogP contribution in [0.2, 0.25) is 0 Å². The Bertz CT molecular complexity index is 563. The second kappa shape index (κ2) is 6.27. The fraction of sp³-hybridized carbons (Fsp3) is 0.778. The van der Waals surface area contributed by atoms with Crippen molar-refractivity contribution in [1.29, 1.82) is 0 Å². The second-order valence-corrected chi connectivity index (χ2v) is 7.60. The molecular formula is C18H29N3O2. The highest BCUT2D eigenvalue weighted by molar-refractivity contribution is 5.79. The molecule has 2 aliphatic rings. The highest BCUT2D eigenvalue weighted by atomic mass is 16.3. The van der Waals surface area contributed by atoms with Gasteiger partial charge >= 0.3 is 0 Å². The Morgan fingerprint density at radius 2 is 2.22 bits per heavy atom. The Labute approximate surface area is 138 Å². The molecule has 3 atom stereocenters. The summed E-state index contributed by atoms with van der Waals surface area (Å²) in [6.45, 7) is 7.42. The highest BCUT2D eigenvalue weighted by Crippen LogP contribution is 2.40. The van der Waals surface area contributed by atoms with E-state index in [-0.39, 0.29) is 17.7 Å². The van der Waals surface area contributed by atoms with Gasteiger partial charge in [0.15, 0.2) is 0 Å². The first kappa shape index (κ1) is 16.5. The predicted octanol–water partition coefficient (Wildman–Crippen LogP) is 2.36. The number of amides is 1. The Kier molecular flexibility index (Phi) is 4.50. The van der Waals surface area contributed by atoms with E-state index in [0.717, 1.165) is 55.6 Å². The Morgan fingerprint density at radius 3 is 2.91 bits per heavy atom. The summed E-state index contributed by atoms with van der Waals surface area (Å²) in [4.78, 5) is 14.8. The SMILES string of the molecule is Cc1n[nH]c(C)c1CC(C)C(=O)N1CCC2(O)CCCCC2C1. The fourth-order valence-electron chi connectivity index (χ4n) is 4.35. The summed E-state index contributed by atoms with van der Waals surface area (Å²) in [6.07, 6.45) is 5.73. The molecule has 1 aliphatic heterocycles. The fourth-order valence-corrected chi connectivity index (χ4v) is 4.35. The quantitative estimate of drug-likeness (QED) is 0.898. The summed E-state index contributed by atoms with van der Waals surface area (Å²) >= 11 is 0. The molecule has 23 heavy (non-hydrogen) atoms. The van der Waals surface area contributed by atoms with E-state index in [1.807, 2.05) is 25.7 Å². The largest absolute Gasteiger partial charge is 0.389 e. The van der Waals surface area contributed by atoms with E-state index in [4.69, 9.17) is 0 Å². The summed E-state index contributed by atoms with van der Waals surface area (Å²) < 4.78 is 0. The Balaban J connectivity index is 1.64. The number of hydrogen-bond donors (Lipinski definition) is 2. The molecule has 0 radical (unpaired) electrons. The summed E-state index contributed by atoms with van der Waals surface area (Å²) in [5.41, 5.74) is 2.69. The van der Waals surface area contributed by atoms with Crippen LogP contribution >= 0.6 is 0 Å². The monoisotopic (exact) mass is 319 g/mol. The number of rotatable bonds is 3. The number of H-pyrrole nitrogens is 1. The summed E-state index contributed by atoms with van der Waals surface area (Å²) in [7, 11) is 0. The topological polar surface area (TPSA) is 69.2 Å². The molecule has 2 fully saturated rings. The average molecular weight is 319 g/mol. The first-order valence-corrected chi connectivity index (χ1v) is 8.92. The van der Waals surface area contributed by atoms with Gasteiger partial charge in [-0.05, 0) is 45.1 Å². The van der Waals surface area contributed by atoms with Gasteiger partial charge in [0.2, 0.25) is 5.91 Å². The van der Waals surface area contributed by atoms with Crippen LogP contribution in [0.15, 0.2) is 0 Å². The molecule has 1 amide bonds. The molecule has 3 rings (SSSR count). The lowest BCUT2D eigenvalue weighted by molar-refractivity contribution is -0.146. The van der Waals surface area contributed by atoms with Crippen LogP contribution in [-0.2, 0) is 11.2 Å². The maximum atomic E-state index is 12.8. The van der Waals surface area contributed by atoms with E-state index in [9.17, 15) is 9.90 Å². The minimum Gasteiger partial charge on any atom is -0.389 e. The molecule has 1 saturated heterocycles. The number of likely N-dealkylation sites (tertiary alicyclic amines) is 1. The third-order valence-corrected chi connectivity index (χ3v) is 5.95. The van der Waals surface area contributed by atoms with Gasteiger partial charge in [0.1, 0.15) is 0 Å². The van der Waals surface area contributed by atoms with Crippen molar-refractivity contribution in [3.63, 3.8) is 0 Å². The normalized spacial score (nSPS) is 29.2. The molecule has 2 heterocycles. The first-order chi connectivity index (χ1) is 10.9. The molecule has 1 aliphatic carbocycles. The van der Waals surface area contributed by atoms with E-state index in [1.54, 1.807) is 0 Å². The lowest BCUT2D eigenvalue weighted by atomic mass is 9.71. The zero-order valence-corrected chi connectivity index (χ0v) is 14.6. The number of carbonyl (C=O) groups excluding carboxylic acids is 1. The second-order valence-electron chi connectivity index (χ2n) is 7.60. The number of aliphatic hydroxyl groups is 1. The number of fused-ring (bicyclic) bond motifs is 1. The van der Waals surface area contributed by atoms with Crippen molar-refractivity contribution in [2.75, 3.05) is 13.1 Å². The van der Waals surface area contributed by atoms with Crippen LogP contribution < -0.4 is 0 Å². The Morgan fingerprint density at radius 1 is 1.43 bits per heavy atom. The maximum Gasteiger partial charge on any atom is 0.225 e. The van der Waals surface area contributed by atoms with Gasteiger partial charge in [0, 0.05) is 30.6 Å². The van der Waals surface area contributed by atoms with Crippen LogP contribution in [-0.4, -0.2) is 44.8 Å². The molecule has 3 unspecified atom stereocenters. The van der Waals surface area contributed by atoms with E-state index < -0.39 is 5.60 Å². The van der Waals surface area contributed by atoms with Gasteiger partial charge in [-0.2, -0.15) is 5.10 Å². The van der Waals surface area contributed by atoms with Crippen LogP contribution in [0.4, 0.5) is 0 Å². The van der Waals surface area contributed by atoms with Crippen molar-refractivity contribution in [2.45, 2.75) is 64.9 Å². The minimum absolute atomic E-state index is 0.0419. The molecule has 128 valence electrons. The standard InChI is InChI=1S/C18H29N3O2/c1-12(10-16-13(2)19-20-14(16)3)17(22)21-9-8-18(23)7-5-4-6-15(18)11-21/h12,15,23H,4-11H2,1-3H3,(H,19,20). The van der Waals surface area contributed by atoms with E-state index >= 15 is 0 Å². The summed E-state index contributed by atoms with van der Waals surface area (Å²) in [5.74, 6) is 0.441. The minimum atomic E-state index is -0.518. The lowest BCUT2D eigenvalue weighted by Crippen LogP contribution is -2.55. The van der Waals surface area contributed by atoms with Crippen molar-refractivity contribution < 1.29 is 9.90 Å². The van der Waals surface area contributed by atoms with E-state index in [1.165, 1.54) is 6.42 Å². The van der Waals surface area contributed by atoms with Gasteiger partial charge in [-0.1, -0.05) is 19.8 Å². The maximum absolute atomic E-state index is 12.8. The van der Waals surface area contributed by atoms with Gasteiger partial charge in [-0.15, -0.1) is 0 Å². The number of nitrogens with one attached hydrogen (secondary N) is 1. The molecular weight excluding hydrogens is 290 g/mol. The van der Waals surface area contributed by atoms with Gasteiger partial charge in [-0.3, -0.25) is 9.89 Å². The van der Waals surface area contributed by atoms with Crippen LogP contribution in [0.25, 0.3) is 0 Å². The molecule has 2 N–H and O–H groups in total. The predicted molar refractivity (Wildman–Crippen MR) is 89.0 cm³/mol. The number of piperidine rings is 1. The number of aromatic nitrogens is 2. The molecule has 1 aromatic rings. The van der Waals surface area contributed by atoms with Crippen molar-refractivity contribution in [3.05, 3.63) is 17.0 Å². The van der Waals surface area contributed by atoms with E-state index in [0.29, 0.717) is 6.54 Å². The van der Waals surface area contributed by atoms with Gasteiger partial charge < -0.3 is 10.0 Å². The van der Waals surface area contributed by atoms with Gasteiger partial charge in [-0.25, -0.2) is 0 Å². The van der Waals surface area contributed by atoms with Crippen LogP contribution in [0.5, 0.6) is 0 Å². The molecule has 1 saturated carbocycles. The summed E-state index contributed by atoms with van der Waals surface area (Å²) in [6, 6.07) is 0. The number of carbonyl (C=O) groups is 1. The van der Waals surface area contributed by atoms with Crippen molar-refractivity contribution in [2.24, 2.45) is 11.8 Å². The zero-order chi connectivity index (χ0) is 16.6. The van der Waals surface area contributed by atoms with Crippen molar-refractivity contribution >= 4 is 5.91 Å². The third kappa shape index (κ3) is 3.16. The average Bonchev–Trinajstić information content (AvgIpc) is 2.85. The molecule has 0 aromatic carbocycles. The highest BCUT2D eigenvalue weighted by Gasteiger charge is 2.44. The number of aromatic amines is 1. The molecule has 0 spiro atoms. The number of aryl methyl sites for hydroxylation is 2.